The fourth-order valence-electron chi connectivity index (χ4n) is 3.42. The van der Waals surface area contributed by atoms with Gasteiger partial charge in [-0.25, -0.2) is 0 Å². The molecule has 1 rings (SSSR count). The molecule has 146 valence electrons. The average molecular weight is 358 g/mol. The van der Waals surface area contributed by atoms with Gasteiger partial charge in [-0.15, -0.1) is 0 Å². The Balaban J connectivity index is 2.36. The van der Waals surface area contributed by atoms with Gasteiger partial charge in [-0.3, -0.25) is 0 Å². The second-order valence-electron chi connectivity index (χ2n) is 7.61. The van der Waals surface area contributed by atoms with Gasteiger partial charge in [-0.05, 0) is 37.3 Å². The van der Waals surface area contributed by atoms with Crippen molar-refractivity contribution in [1.29, 1.82) is 0 Å². The summed E-state index contributed by atoms with van der Waals surface area (Å²) in [5.74, 6) is 0.582. The quantitative estimate of drug-likeness (QED) is 0.347. The van der Waals surface area contributed by atoms with Crippen molar-refractivity contribution in [2.24, 2.45) is 11.7 Å². The number of hydrogen-bond donors (Lipinski definition) is 1. The summed E-state index contributed by atoms with van der Waals surface area (Å²) in [5.41, 5.74) is 8.47. The maximum atomic E-state index is 11.4. The van der Waals surface area contributed by atoms with Crippen molar-refractivity contribution in [2.75, 3.05) is 0 Å². The number of hydrogen-bond acceptors (Lipinski definition) is 2. The Hall–Kier alpha value is -1.57. The molecule has 0 saturated carbocycles. The van der Waals surface area contributed by atoms with E-state index in [9.17, 15) is 4.79 Å². The number of carbonyl (C=O) groups is 1. The lowest BCUT2D eigenvalue weighted by Gasteiger charge is -2.17. The minimum Gasteiger partial charge on any atom is -0.402 e. The molecule has 26 heavy (non-hydrogen) atoms. The number of unbranched alkanes of at least 4 members (excludes halogenated alkanes) is 8. The molecule has 2 heteroatoms. The average Bonchev–Trinajstić information content (AvgIpc) is 2.63. The molecule has 0 aliphatic carbocycles. The predicted molar refractivity (Wildman–Crippen MR) is 114 cm³/mol. The van der Waals surface area contributed by atoms with Crippen LogP contribution in [0.3, 0.4) is 0 Å². The van der Waals surface area contributed by atoms with E-state index >= 15 is 0 Å². The van der Waals surface area contributed by atoms with Crippen LogP contribution in [-0.4, -0.2) is 5.78 Å². The molecule has 0 aliphatic rings. The summed E-state index contributed by atoms with van der Waals surface area (Å²) in [4.78, 5) is 11.4. The van der Waals surface area contributed by atoms with Crippen LogP contribution in [0.1, 0.15) is 96.5 Å². The Labute approximate surface area is 161 Å². The van der Waals surface area contributed by atoms with Crippen molar-refractivity contribution < 1.29 is 4.79 Å². The predicted octanol–water partition coefficient (Wildman–Crippen LogP) is 6.89. The van der Waals surface area contributed by atoms with E-state index in [0.717, 1.165) is 24.1 Å². The maximum absolute atomic E-state index is 11.4. The molecule has 2 nitrogen and oxygen atoms in total. The molecule has 0 aliphatic heterocycles. The first-order chi connectivity index (χ1) is 12.6. The Bertz CT molecular complexity index is 506. The number of ketones is 1. The minimum absolute atomic E-state index is 0.259. The number of carbonyl (C=O) groups excluding carboxylic acids is 1. The fourth-order valence-corrected chi connectivity index (χ4v) is 3.42. The largest absolute Gasteiger partial charge is 0.402 e. The van der Waals surface area contributed by atoms with Gasteiger partial charge in [-0.2, -0.15) is 0 Å². The highest BCUT2D eigenvalue weighted by molar-refractivity contribution is 5.75. The lowest BCUT2D eigenvalue weighted by molar-refractivity contribution is -0.117. The van der Waals surface area contributed by atoms with E-state index < -0.39 is 0 Å². The molecule has 0 spiro atoms. The fraction of sp³-hybridized carbons (Fsp3) is 0.625. The molecule has 0 amide bonds. The molecule has 1 aromatic rings. The standard InChI is InChI=1S/C24H39NO/c1-3-4-5-6-7-8-9-10-14-17-23(19-18-21(2)26)24(25)20-22-15-12-11-13-16-22/h11-13,15-16,20,23H,3-10,14,17-19,25H2,1-2H3. The molecule has 1 atom stereocenters. The van der Waals surface area contributed by atoms with Crippen molar-refractivity contribution in [2.45, 2.75) is 90.9 Å². The molecular weight excluding hydrogens is 318 g/mol. The second-order valence-corrected chi connectivity index (χ2v) is 7.61. The molecule has 0 fully saturated rings. The maximum Gasteiger partial charge on any atom is 0.129 e. The number of benzene rings is 1. The van der Waals surface area contributed by atoms with Crippen molar-refractivity contribution in [3.63, 3.8) is 0 Å². The molecule has 0 saturated heterocycles. The van der Waals surface area contributed by atoms with E-state index in [1.54, 1.807) is 6.92 Å². The van der Waals surface area contributed by atoms with Crippen molar-refractivity contribution in [3.05, 3.63) is 41.6 Å². The Morgan fingerprint density at radius 3 is 2.08 bits per heavy atom. The summed E-state index contributed by atoms with van der Waals surface area (Å²) in [6.07, 6.45) is 16.7. The van der Waals surface area contributed by atoms with E-state index in [-0.39, 0.29) is 5.78 Å². The van der Waals surface area contributed by atoms with Crippen molar-refractivity contribution in [1.82, 2.24) is 0 Å². The number of allylic oxidation sites excluding steroid dienone is 1. The van der Waals surface area contributed by atoms with Crippen molar-refractivity contribution >= 4 is 11.9 Å². The van der Waals surface area contributed by atoms with Crippen LogP contribution in [0.4, 0.5) is 0 Å². The van der Waals surface area contributed by atoms with Crippen LogP contribution in [0, 0.1) is 5.92 Å². The topological polar surface area (TPSA) is 43.1 Å². The highest BCUT2D eigenvalue weighted by Gasteiger charge is 2.13. The molecule has 0 heterocycles. The summed E-state index contributed by atoms with van der Waals surface area (Å²) in [7, 11) is 0. The van der Waals surface area contributed by atoms with Crippen LogP contribution >= 0.6 is 0 Å². The van der Waals surface area contributed by atoms with E-state index in [2.05, 4.69) is 25.1 Å². The van der Waals surface area contributed by atoms with Crippen LogP contribution < -0.4 is 5.73 Å². The van der Waals surface area contributed by atoms with Gasteiger partial charge >= 0.3 is 0 Å². The summed E-state index contributed by atoms with van der Waals surface area (Å²) in [6.45, 7) is 3.94. The highest BCUT2D eigenvalue weighted by Crippen LogP contribution is 2.23. The molecular formula is C24H39NO. The van der Waals surface area contributed by atoms with Gasteiger partial charge in [0.15, 0.2) is 0 Å². The van der Waals surface area contributed by atoms with Gasteiger partial charge in [0, 0.05) is 12.1 Å². The number of nitrogens with two attached hydrogens (primary N) is 1. The van der Waals surface area contributed by atoms with E-state index in [1.165, 1.54) is 57.8 Å². The number of Topliss-reactive ketones (excluding diaryl/α,β-unsaturated/α-hetero) is 1. The zero-order valence-electron chi connectivity index (χ0n) is 17.0. The first kappa shape index (κ1) is 22.5. The molecule has 1 aromatic carbocycles. The minimum atomic E-state index is 0.259. The van der Waals surface area contributed by atoms with Gasteiger partial charge in [-0.1, -0.05) is 95.0 Å². The summed E-state index contributed by atoms with van der Waals surface area (Å²) < 4.78 is 0. The van der Waals surface area contributed by atoms with Crippen LogP contribution in [0.5, 0.6) is 0 Å². The third-order valence-corrected chi connectivity index (χ3v) is 5.11. The molecule has 0 radical (unpaired) electrons. The Morgan fingerprint density at radius 2 is 1.50 bits per heavy atom. The third-order valence-electron chi connectivity index (χ3n) is 5.11. The molecule has 2 N–H and O–H groups in total. The van der Waals surface area contributed by atoms with E-state index in [4.69, 9.17) is 5.73 Å². The Kier molecular flexibility index (Phi) is 12.6. The third kappa shape index (κ3) is 11.1. The van der Waals surface area contributed by atoms with Gasteiger partial charge in [0.05, 0.1) is 0 Å². The first-order valence-corrected chi connectivity index (χ1v) is 10.6. The van der Waals surface area contributed by atoms with Crippen LogP contribution in [0.15, 0.2) is 36.0 Å². The normalized spacial score (nSPS) is 12.9. The van der Waals surface area contributed by atoms with Crippen LogP contribution in [-0.2, 0) is 4.79 Å². The summed E-state index contributed by atoms with van der Waals surface area (Å²) >= 11 is 0. The van der Waals surface area contributed by atoms with E-state index in [1.807, 2.05) is 18.2 Å². The molecule has 0 bridgehead atoms. The second kappa shape index (κ2) is 14.6. The lowest BCUT2D eigenvalue weighted by Crippen LogP contribution is -2.13. The van der Waals surface area contributed by atoms with Gasteiger partial charge in [0.2, 0.25) is 0 Å². The van der Waals surface area contributed by atoms with Gasteiger partial charge < -0.3 is 10.5 Å². The summed E-state index contributed by atoms with van der Waals surface area (Å²) in [5, 5.41) is 0. The monoisotopic (exact) mass is 357 g/mol. The molecule has 0 aromatic heterocycles. The zero-order chi connectivity index (χ0) is 19.0. The zero-order valence-corrected chi connectivity index (χ0v) is 17.0. The smallest absolute Gasteiger partial charge is 0.129 e. The highest BCUT2D eigenvalue weighted by atomic mass is 16.1. The Morgan fingerprint density at radius 1 is 0.923 bits per heavy atom. The van der Waals surface area contributed by atoms with Crippen molar-refractivity contribution in [3.8, 4) is 0 Å². The summed E-state index contributed by atoms with van der Waals surface area (Å²) in [6, 6.07) is 10.2. The first-order valence-electron chi connectivity index (χ1n) is 10.6. The number of rotatable bonds is 15. The SMILES string of the molecule is CCCCCCCCCCCC(CCC(C)=O)C(N)=Cc1ccccc1. The lowest BCUT2D eigenvalue weighted by atomic mass is 9.91. The van der Waals surface area contributed by atoms with Gasteiger partial charge in [0.1, 0.15) is 5.78 Å². The van der Waals surface area contributed by atoms with Gasteiger partial charge in [0.25, 0.3) is 0 Å². The van der Waals surface area contributed by atoms with Crippen LogP contribution in [0.2, 0.25) is 0 Å². The van der Waals surface area contributed by atoms with E-state index in [0.29, 0.717) is 12.3 Å². The van der Waals surface area contributed by atoms with Crippen LogP contribution in [0.25, 0.3) is 6.08 Å². The molecule has 1 unspecified atom stereocenters.